The van der Waals surface area contributed by atoms with Crippen LogP contribution in [-0.4, -0.2) is 17.4 Å². The Bertz CT molecular complexity index is 1440. The maximum atomic E-state index is 13.7. The third-order valence-electron chi connectivity index (χ3n) is 6.15. The van der Waals surface area contributed by atoms with Crippen molar-refractivity contribution in [2.75, 3.05) is 11.1 Å². The van der Waals surface area contributed by atoms with Gasteiger partial charge in [-0.15, -0.1) is 0 Å². The molecule has 4 rings (SSSR count). The molecule has 0 aliphatic carbocycles. The van der Waals surface area contributed by atoms with E-state index in [9.17, 15) is 14.9 Å². The molecular formula is C29H26ClN3O3S. The Morgan fingerprint density at radius 2 is 1.78 bits per heavy atom. The number of furan rings is 1. The van der Waals surface area contributed by atoms with Crippen molar-refractivity contribution in [1.29, 1.82) is 5.26 Å². The summed E-state index contributed by atoms with van der Waals surface area (Å²) in [5.74, 6) is -0.562. The number of anilines is 1. The van der Waals surface area contributed by atoms with Crippen LogP contribution in [0.15, 0.2) is 81.1 Å². The van der Waals surface area contributed by atoms with Crippen LogP contribution in [0.2, 0.25) is 5.02 Å². The average molecular weight is 532 g/mol. The summed E-state index contributed by atoms with van der Waals surface area (Å²) in [6.45, 7) is 7.70. The number of aryl methyl sites for hydroxylation is 3. The van der Waals surface area contributed by atoms with Crippen molar-refractivity contribution >= 4 is 40.7 Å². The van der Waals surface area contributed by atoms with Gasteiger partial charge in [-0.25, -0.2) is 0 Å². The first-order valence-corrected chi connectivity index (χ1v) is 13.0. The maximum absolute atomic E-state index is 13.7. The van der Waals surface area contributed by atoms with E-state index in [0.717, 1.165) is 22.4 Å². The van der Waals surface area contributed by atoms with Gasteiger partial charge < -0.3 is 15.1 Å². The highest BCUT2D eigenvalue weighted by Gasteiger charge is 2.36. The first-order chi connectivity index (χ1) is 17.7. The lowest BCUT2D eigenvalue weighted by molar-refractivity contribution is -0.113. The van der Waals surface area contributed by atoms with Gasteiger partial charge in [0.2, 0.25) is 0 Å². The van der Waals surface area contributed by atoms with Crippen LogP contribution in [0.25, 0.3) is 0 Å². The third kappa shape index (κ3) is 5.66. The molecule has 0 saturated heterocycles. The van der Waals surface area contributed by atoms with Gasteiger partial charge in [-0.05, 0) is 75.2 Å². The molecule has 0 saturated carbocycles. The van der Waals surface area contributed by atoms with Crippen molar-refractivity contribution in [2.45, 2.75) is 33.6 Å². The summed E-state index contributed by atoms with van der Waals surface area (Å²) in [6, 6.07) is 16.4. The zero-order valence-corrected chi connectivity index (χ0v) is 22.5. The van der Waals surface area contributed by atoms with Gasteiger partial charge in [0.1, 0.15) is 5.76 Å². The number of dihydropyridines is 1. The quantitative estimate of drug-likeness (QED) is 0.325. The number of carbonyl (C=O) groups is 2. The van der Waals surface area contributed by atoms with E-state index >= 15 is 0 Å². The largest absolute Gasteiger partial charge is 0.468 e. The van der Waals surface area contributed by atoms with E-state index < -0.39 is 5.92 Å². The monoisotopic (exact) mass is 531 g/mol. The molecule has 8 heteroatoms. The van der Waals surface area contributed by atoms with Crippen LogP contribution in [0.5, 0.6) is 0 Å². The Morgan fingerprint density at radius 3 is 2.38 bits per heavy atom. The Labute approximate surface area is 225 Å². The van der Waals surface area contributed by atoms with Crippen LogP contribution in [0.3, 0.4) is 0 Å². The number of carbonyl (C=O) groups excluding carboxylic acids is 2. The van der Waals surface area contributed by atoms with E-state index in [2.05, 4.69) is 16.7 Å². The number of hydrogen-bond donors (Lipinski definition) is 2. The standard InChI is InChI=1S/C29H26ClN3O3S/c1-16-12-17(2)27(18(3)13-16)33-28(35)25-19(4)32-29(22(14-31)26(25)24-6-5-11-36-24)37-15-23(34)20-7-9-21(30)10-8-20/h5-13,26,32H,15H2,1-4H3,(H,33,35)/t26-/m1/s1. The molecule has 0 bridgehead atoms. The number of nitriles is 1. The van der Waals surface area contributed by atoms with E-state index in [0.29, 0.717) is 38.2 Å². The molecule has 188 valence electrons. The van der Waals surface area contributed by atoms with Gasteiger partial charge >= 0.3 is 0 Å². The number of halogens is 1. The van der Waals surface area contributed by atoms with Crippen molar-refractivity contribution in [2.24, 2.45) is 0 Å². The van der Waals surface area contributed by atoms with E-state index in [-0.39, 0.29) is 17.4 Å². The Balaban J connectivity index is 1.66. The number of nitrogens with one attached hydrogen (secondary N) is 2. The summed E-state index contributed by atoms with van der Waals surface area (Å²) in [6.07, 6.45) is 1.52. The molecule has 37 heavy (non-hydrogen) atoms. The van der Waals surface area contributed by atoms with E-state index in [1.807, 2.05) is 32.9 Å². The number of ketones is 1. The maximum Gasteiger partial charge on any atom is 0.254 e. The number of benzene rings is 2. The van der Waals surface area contributed by atoms with E-state index in [4.69, 9.17) is 16.0 Å². The summed E-state index contributed by atoms with van der Waals surface area (Å²) < 4.78 is 5.69. The van der Waals surface area contributed by atoms with Crippen LogP contribution in [0.1, 0.15) is 45.7 Å². The first-order valence-electron chi connectivity index (χ1n) is 11.7. The number of allylic oxidation sites excluding steroid dienone is 2. The second-order valence-corrected chi connectivity index (χ2v) is 10.3. The Morgan fingerprint density at radius 1 is 1.11 bits per heavy atom. The Kier molecular flexibility index (Phi) is 7.91. The number of nitrogens with zero attached hydrogens (tertiary/aromatic N) is 1. The van der Waals surface area contributed by atoms with Gasteiger partial charge in [0, 0.05) is 22.0 Å². The normalized spacial score (nSPS) is 15.3. The summed E-state index contributed by atoms with van der Waals surface area (Å²) in [4.78, 5) is 26.4. The summed E-state index contributed by atoms with van der Waals surface area (Å²) in [7, 11) is 0. The molecule has 1 amide bonds. The molecule has 1 atom stereocenters. The summed E-state index contributed by atoms with van der Waals surface area (Å²) >= 11 is 7.15. The van der Waals surface area contributed by atoms with Crippen LogP contribution in [0, 0.1) is 32.1 Å². The van der Waals surface area contributed by atoms with Crippen LogP contribution < -0.4 is 10.6 Å². The predicted octanol–water partition coefficient (Wildman–Crippen LogP) is 6.81. The van der Waals surface area contributed by atoms with Gasteiger partial charge in [-0.2, -0.15) is 5.26 Å². The van der Waals surface area contributed by atoms with Gasteiger partial charge in [0.05, 0.1) is 40.2 Å². The minimum absolute atomic E-state index is 0.0988. The molecule has 2 heterocycles. The molecule has 0 spiro atoms. The van der Waals surface area contributed by atoms with E-state index in [1.54, 1.807) is 43.3 Å². The molecule has 0 fully saturated rings. The van der Waals surface area contributed by atoms with Crippen LogP contribution in [0.4, 0.5) is 5.69 Å². The lowest BCUT2D eigenvalue weighted by atomic mass is 9.85. The minimum Gasteiger partial charge on any atom is -0.468 e. The average Bonchev–Trinajstić information content (AvgIpc) is 3.39. The highest BCUT2D eigenvalue weighted by atomic mass is 35.5. The fraction of sp³-hybridized carbons (Fsp3) is 0.207. The highest BCUT2D eigenvalue weighted by Crippen LogP contribution is 2.41. The zero-order valence-electron chi connectivity index (χ0n) is 20.9. The molecule has 1 aliphatic rings. The van der Waals surface area contributed by atoms with Crippen molar-refractivity contribution in [3.63, 3.8) is 0 Å². The van der Waals surface area contributed by atoms with Gasteiger partial charge in [0.25, 0.3) is 5.91 Å². The number of amides is 1. The van der Waals surface area contributed by atoms with E-state index in [1.165, 1.54) is 18.0 Å². The molecule has 3 aromatic rings. The fourth-order valence-electron chi connectivity index (χ4n) is 4.48. The van der Waals surface area contributed by atoms with Gasteiger partial charge in [0.15, 0.2) is 5.78 Å². The molecule has 2 aromatic carbocycles. The van der Waals surface area contributed by atoms with Crippen LogP contribution >= 0.6 is 23.4 Å². The second-order valence-electron chi connectivity index (χ2n) is 8.91. The molecule has 1 aromatic heterocycles. The van der Waals surface area contributed by atoms with Gasteiger partial charge in [-0.1, -0.05) is 41.1 Å². The SMILES string of the molecule is CC1=C(C(=O)Nc2c(C)cc(C)cc2C)[C@@H](c2ccco2)C(C#N)=C(SCC(=O)c2ccc(Cl)cc2)N1. The van der Waals surface area contributed by atoms with Crippen molar-refractivity contribution in [3.05, 3.63) is 110 Å². The zero-order chi connectivity index (χ0) is 26.7. The number of hydrogen-bond acceptors (Lipinski definition) is 6. The lowest BCUT2D eigenvalue weighted by Gasteiger charge is -2.28. The fourth-order valence-corrected chi connectivity index (χ4v) is 5.59. The number of Topliss-reactive ketones (excluding diaryl/α,β-unsaturated/α-hetero) is 1. The number of thioether (sulfide) groups is 1. The Hall–Kier alpha value is -3.73. The molecule has 0 radical (unpaired) electrons. The summed E-state index contributed by atoms with van der Waals surface area (Å²) in [5.41, 5.74) is 5.58. The summed E-state index contributed by atoms with van der Waals surface area (Å²) in [5, 5.41) is 17.5. The predicted molar refractivity (Wildman–Crippen MR) is 147 cm³/mol. The van der Waals surface area contributed by atoms with Crippen molar-refractivity contribution in [3.8, 4) is 6.07 Å². The first kappa shape index (κ1) is 26.3. The molecule has 1 aliphatic heterocycles. The van der Waals surface area contributed by atoms with Crippen molar-refractivity contribution < 1.29 is 14.0 Å². The molecular weight excluding hydrogens is 506 g/mol. The van der Waals surface area contributed by atoms with Gasteiger partial charge in [-0.3, -0.25) is 9.59 Å². The van der Waals surface area contributed by atoms with Crippen molar-refractivity contribution in [1.82, 2.24) is 5.32 Å². The topological polar surface area (TPSA) is 95.1 Å². The molecule has 2 N–H and O–H groups in total. The number of rotatable bonds is 7. The smallest absolute Gasteiger partial charge is 0.254 e. The minimum atomic E-state index is -0.722. The van der Waals surface area contributed by atoms with Crippen LogP contribution in [-0.2, 0) is 4.79 Å². The highest BCUT2D eigenvalue weighted by molar-refractivity contribution is 8.03. The lowest BCUT2D eigenvalue weighted by Crippen LogP contribution is -2.31. The second kappa shape index (κ2) is 11.1. The third-order valence-corrected chi connectivity index (χ3v) is 7.42. The molecule has 6 nitrogen and oxygen atoms in total. The molecule has 0 unspecified atom stereocenters.